The molecule has 1 aromatic heterocycles. The molecule has 3 rings (SSSR count). The summed E-state index contributed by atoms with van der Waals surface area (Å²) < 4.78 is 27.7. The van der Waals surface area contributed by atoms with Crippen LogP contribution in [-0.4, -0.2) is 24.3 Å². The first-order valence-electron chi connectivity index (χ1n) is 9.05. The second-order valence-corrected chi connectivity index (χ2v) is 9.73. The fourth-order valence-corrected chi connectivity index (χ4v) is 4.80. The summed E-state index contributed by atoms with van der Waals surface area (Å²) in [4.78, 5) is 15.6. The highest BCUT2D eigenvalue weighted by atomic mass is 35.5. The quantitative estimate of drug-likeness (QED) is 0.647. The third-order valence-electron chi connectivity index (χ3n) is 4.44. The first-order valence-corrected chi connectivity index (χ1v) is 10.9. The largest absolute Gasteiger partial charge is 0.322 e. The van der Waals surface area contributed by atoms with E-state index in [1.54, 1.807) is 18.2 Å². The number of fused-ring (bicyclic) bond motifs is 1. The van der Waals surface area contributed by atoms with Crippen molar-refractivity contribution in [2.24, 2.45) is 5.92 Å². The molecule has 0 amide bonds. The average Bonchev–Trinajstić information content (AvgIpc) is 2.62. The first kappa shape index (κ1) is 20.6. The zero-order valence-corrected chi connectivity index (χ0v) is 17.6. The number of aromatic amines is 1. The monoisotopic (exact) mass is 418 g/mol. The summed E-state index contributed by atoms with van der Waals surface area (Å²) in [7, 11) is -3.77. The minimum atomic E-state index is -3.77. The van der Waals surface area contributed by atoms with Crippen molar-refractivity contribution in [3.8, 4) is 0 Å². The molecule has 0 saturated heterocycles. The number of halogens is 1. The minimum absolute atomic E-state index is 0.00234. The van der Waals surface area contributed by atoms with E-state index in [9.17, 15) is 13.2 Å². The van der Waals surface area contributed by atoms with Crippen LogP contribution in [0.5, 0.6) is 0 Å². The molecule has 0 aliphatic carbocycles. The maximum absolute atomic E-state index is 13.2. The first-order chi connectivity index (χ1) is 13.2. The van der Waals surface area contributed by atoms with E-state index in [-0.39, 0.29) is 22.9 Å². The predicted octanol–water partition coefficient (Wildman–Crippen LogP) is 4.34. The molecule has 1 heterocycles. The summed E-state index contributed by atoms with van der Waals surface area (Å²) in [6, 6.07) is 13.6. The topological polar surface area (TPSA) is 70.2 Å². The fourth-order valence-electron chi connectivity index (χ4n) is 3.09. The average molecular weight is 419 g/mol. The van der Waals surface area contributed by atoms with Crippen molar-refractivity contribution in [2.75, 3.05) is 6.54 Å². The molecular weight excluding hydrogens is 396 g/mol. The number of hydrogen-bond donors (Lipinski definition) is 1. The van der Waals surface area contributed by atoms with E-state index in [0.717, 1.165) is 16.5 Å². The summed E-state index contributed by atoms with van der Waals surface area (Å²) in [6.45, 7) is 6.16. The lowest BCUT2D eigenvalue weighted by Crippen LogP contribution is -2.35. The SMILES string of the molecule is Cc1ccc2[nH]c(=O)c(CN(CC(C)C)S(=O)(=O)c3ccc(Cl)cc3)cc2c1. The molecule has 2 aromatic carbocycles. The fraction of sp³-hybridized carbons (Fsp3) is 0.286. The summed E-state index contributed by atoms with van der Waals surface area (Å²) in [6.07, 6.45) is 0. The van der Waals surface area contributed by atoms with Gasteiger partial charge in [-0.05, 0) is 60.7 Å². The van der Waals surface area contributed by atoms with E-state index in [1.807, 2.05) is 39.0 Å². The molecule has 0 spiro atoms. The van der Waals surface area contributed by atoms with Crippen LogP contribution in [0.2, 0.25) is 5.02 Å². The Kier molecular flexibility index (Phi) is 5.93. The molecule has 0 bridgehead atoms. The highest BCUT2D eigenvalue weighted by Gasteiger charge is 2.26. The number of hydrogen-bond acceptors (Lipinski definition) is 3. The van der Waals surface area contributed by atoms with Gasteiger partial charge in [0.1, 0.15) is 0 Å². The molecule has 0 fully saturated rings. The van der Waals surface area contributed by atoms with E-state index in [1.165, 1.54) is 16.4 Å². The van der Waals surface area contributed by atoms with Crippen LogP contribution in [-0.2, 0) is 16.6 Å². The van der Waals surface area contributed by atoms with Crippen LogP contribution in [0, 0.1) is 12.8 Å². The molecule has 0 aliphatic rings. The summed E-state index contributed by atoms with van der Waals surface area (Å²) >= 11 is 5.89. The van der Waals surface area contributed by atoms with Crippen molar-refractivity contribution < 1.29 is 8.42 Å². The Hall–Kier alpha value is -2.15. The second kappa shape index (κ2) is 8.07. The van der Waals surface area contributed by atoms with Gasteiger partial charge >= 0.3 is 0 Å². The van der Waals surface area contributed by atoms with Gasteiger partial charge in [-0.2, -0.15) is 4.31 Å². The molecule has 5 nitrogen and oxygen atoms in total. The number of nitrogens with zero attached hydrogens (tertiary/aromatic N) is 1. The van der Waals surface area contributed by atoms with Crippen LogP contribution in [0.15, 0.2) is 58.2 Å². The molecule has 0 radical (unpaired) electrons. The van der Waals surface area contributed by atoms with Crippen molar-refractivity contribution >= 4 is 32.5 Å². The molecule has 0 unspecified atom stereocenters. The number of H-pyrrole nitrogens is 1. The van der Waals surface area contributed by atoms with Crippen molar-refractivity contribution in [2.45, 2.75) is 32.2 Å². The van der Waals surface area contributed by atoms with Gasteiger partial charge in [0.05, 0.1) is 4.90 Å². The lowest BCUT2D eigenvalue weighted by molar-refractivity contribution is 0.361. The van der Waals surface area contributed by atoms with Crippen LogP contribution >= 0.6 is 11.6 Å². The van der Waals surface area contributed by atoms with Gasteiger partial charge < -0.3 is 4.98 Å². The van der Waals surface area contributed by atoms with Crippen LogP contribution in [0.1, 0.15) is 25.0 Å². The molecule has 148 valence electrons. The zero-order valence-electron chi connectivity index (χ0n) is 16.1. The summed E-state index contributed by atoms with van der Waals surface area (Å²) in [5.41, 5.74) is 1.93. The Labute approximate surface area is 170 Å². The van der Waals surface area contributed by atoms with Gasteiger partial charge in [-0.3, -0.25) is 4.79 Å². The van der Waals surface area contributed by atoms with Crippen LogP contribution in [0.4, 0.5) is 0 Å². The van der Waals surface area contributed by atoms with E-state index >= 15 is 0 Å². The Bertz CT molecular complexity index is 1150. The second-order valence-electron chi connectivity index (χ2n) is 7.36. The minimum Gasteiger partial charge on any atom is -0.322 e. The summed E-state index contributed by atoms with van der Waals surface area (Å²) in [5, 5.41) is 1.35. The van der Waals surface area contributed by atoms with Crippen LogP contribution in [0.3, 0.4) is 0 Å². The molecule has 0 saturated carbocycles. The Balaban J connectivity index is 2.03. The smallest absolute Gasteiger partial charge is 0.252 e. The normalized spacial score (nSPS) is 12.2. The third-order valence-corrected chi connectivity index (χ3v) is 6.52. The highest BCUT2D eigenvalue weighted by molar-refractivity contribution is 7.89. The van der Waals surface area contributed by atoms with E-state index in [2.05, 4.69) is 4.98 Å². The maximum atomic E-state index is 13.2. The number of benzene rings is 2. The predicted molar refractivity (Wildman–Crippen MR) is 113 cm³/mol. The summed E-state index contributed by atoms with van der Waals surface area (Å²) in [5.74, 6) is 0.101. The number of sulfonamides is 1. The van der Waals surface area contributed by atoms with Gasteiger partial charge in [-0.25, -0.2) is 8.42 Å². The van der Waals surface area contributed by atoms with Crippen molar-refractivity contribution in [3.63, 3.8) is 0 Å². The van der Waals surface area contributed by atoms with Crippen molar-refractivity contribution in [1.29, 1.82) is 0 Å². The number of nitrogens with one attached hydrogen (secondary N) is 1. The highest BCUT2D eigenvalue weighted by Crippen LogP contribution is 2.22. The van der Waals surface area contributed by atoms with Gasteiger partial charge in [0.15, 0.2) is 0 Å². The number of aryl methyl sites for hydroxylation is 1. The Morgan fingerprint density at radius 2 is 1.75 bits per heavy atom. The number of aromatic nitrogens is 1. The van der Waals surface area contributed by atoms with Crippen LogP contribution in [0.25, 0.3) is 10.9 Å². The Morgan fingerprint density at radius 1 is 1.07 bits per heavy atom. The lowest BCUT2D eigenvalue weighted by Gasteiger charge is -2.24. The van der Waals surface area contributed by atoms with Gasteiger partial charge in [0, 0.05) is 29.2 Å². The zero-order chi connectivity index (χ0) is 20.5. The van der Waals surface area contributed by atoms with Crippen molar-refractivity contribution in [1.82, 2.24) is 9.29 Å². The molecule has 3 aromatic rings. The standard InChI is InChI=1S/C21H23ClN2O3S/c1-14(2)12-24(28(26,27)19-7-5-18(22)6-8-19)13-17-11-16-10-15(3)4-9-20(16)23-21(17)25/h4-11,14H,12-13H2,1-3H3,(H,23,25). The number of pyridine rings is 1. The van der Waals surface area contributed by atoms with Gasteiger partial charge in [0.2, 0.25) is 10.0 Å². The van der Waals surface area contributed by atoms with Gasteiger partial charge in [-0.15, -0.1) is 0 Å². The third kappa shape index (κ3) is 4.46. The Morgan fingerprint density at radius 3 is 2.39 bits per heavy atom. The number of rotatable bonds is 6. The molecular formula is C21H23ClN2O3S. The van der Waals surface area contributed by atoms with Gasteiger partial charge in [-0.1, -0.05) is 37.1 Å². The van der Waals surface area contributed by atoms with E-state index < -0.39 is 10.0 Å². The molecule has 0 atom stereocenters. The van der Waals surface area contributed by atoms with E-state index in [0.29, 0.717) is 17.1 Å². The molecule has 0 aliphatic heterocycles. The van der Waals surface area contributed by atoms with Crippen LogP contribution < -0.4 is 5.56 Å². The maximum Gasteiger partial charge on any atom is 0.252 e. The van der Waals surface area contributed by atoms with Gasteiger partial charge in [0.25, 0.3) is 5.56 Å². The van der Waals surface area contributed by atoms with Crippen molar-refractivity contribution in [3.05, 3.63) is 75.0 Å². The lowest BCUT2D eigenvalue weighted by atomic mass is 10.1. The molecule has 7 heteroatoms. The van der Waals surface area contributed by atoms with E-state index in [4.69, 9.17) is 11.6 Å². The molecule has 28 heavy (non-hydrogen) atoms. The molecule has 1 N–H and O–H groups in total.